The molecule has 0 saturated heterocycles. The molecule has 0 radical (unpaired) electrons. The van der Waals surface area contributed by atoms with Gasteiger partial charge >= 0.3 is 0 Å². The third-order valence-corrected chi connectivity index (χ3v) is 7.64. The molecule has 1 amide bonds. The van der Waals surface area contributed by atoms with Crippen molar-refractivity contribution in [3.05, 3.63) is 70.3 Å². The molecule has 274 valence electrons. The second kappa shape index (κ2) is 22.4. The number of hydrogen-bond donors (Lipinski definition) is 2. The fraction of sp³-hybridized carbons (Fsp3) is 0.543. The number of aliphatic imine (C=N–C) groups is 1. The maximum absolute atomic E-state index is 12.7. The Morgan fingerprint density at radius 3 is 1.92 bits per heavy atom. The van der Waals surface area contributed by atoms with E-state index in [-0.39, 0.29) is 12.3 Å². The van der Waals surface area contributed by atoms with E-state index in [1.165, 1.54) is 0 Å². The van der Waals surface area contributed by atoms with Crippen molar-refractivity contribution in [2.45, 2.75) is 26.3 Å². The van der Waals surface area contributed by atoms with Gasteiger partial charge in [-0.25, -0.2) is 0 Å². The number of aryl methyl sites for hydroxylation is 1. The minimum atomic E-state index is -0.546. The van der Waals surface area contributed by atoms with Gasteiger partial charge in [-0.05, 0) is 44.2 Å². The Bertz CT molecular complexity index is 1470. The summed E-state index contributed by atoms with van der Waals surface area (Å²) in [4.78, 5) is 17.8. The normalized spacial score (nSPS) is 13.8. The van der Waals surface area contributed by atoms with Gasteiger partial charge in [-0.2, -0.15) is 0 Å². The Labute approximate surface area is 298 Å². The number of fused-ring (bicyclic) bond motifs is 3. The van der Waals surface area contributed by atoms with E-state index in [4.69, 9.17) is 55.5 Å². The number of aromatic nitrogens is 3. The number of hydrogen-bond acceptors (Lipinski definition) is 12. The maximum atomic E-state index is 12.7. The lowest BCUT2D eigenvalue weighted by Crippen LogP contribution is -2.25. The average molecular weight is 717 g/mol. The SMILES string of the molecule is CCNC(=O)C[C@@H]1N=C(c2ccc(Cl)cc2)c2cc(OCCOCCOCCOCCOCCOCCOCCN)ccc2-n2c(C)nnc21. The predicted octanol–water partition coefficient (Wildman–Crippen LogP) is 3.08. The number of nitrogens with zero attached hydrogens (tertiary/aromatic N) is 4. The Morgan fingerprint density at radius 2 is 1.36 bits per heavy atom. The summed E-state index contributed by atoms with van der Waals surface area (Å²) < 4.78 is 40.9. The highest BCUT2D eigenvalue weighted by atomic mass is 35.5. The summed E-state index contributed by atoms with van der Waals surface area (Å²) in [6, 6.07) is 12.7. The topological polar surface area (TPSA) is 163 Å². The van der Waals surface area contributed by atoms with Crippen LogP contribution in [0.2, 0.25) is 5.02 Å². The molecule has 3 aromatic rings. The second-order valence-electron chi connectivity index (χ2n) is 11.1. The molecule has 2 aromatic carbocycles. The molecule has 2 heterocycles. The first kappa shape index (κ1) is 39.3. The number of nitrogens with one attached hydrogen (secondary N) is 1. The van der Waals surface area contributed by atoms with Crippen molar-refractivity contribution in [3.63, 3.8) is 0 Å². The van der Waals surface area contributed by atoms with Gasteiger partial charge in [0.05, 0.1) is 97.1 Å². The third-order valence-electron chi connectivity index (χ3n) is 7.39. The zero-order valence-electron chi connectivity index (χ0n) is 28.9. The van der Waals surface area contributed by atoms with E-state index in [0.717, 1.165) is 16.8 Å². The number of carbonyl (C=O) groups is 1. The molecule has 3 N–H and O–H groups in total. The molecule has 4 rings (SSSR count). The van der Waals surface area contributed by atoms with Gasteiger partial charge < -0.3 is 44.2 Å². The van der Waals surface area contributed by atoms with Crippen LogP contribution in [0.1, 0.15) is 42.2 Å². The van der Waals surface area contributed by atoms with E-state index < -0.39 is 6.04 Å². The lowest BCUT2D eigenvalue weighted by atomic mass is 10.00. The van der Waals surface area contributed by atoms with Gasteiger partial charge in [0.1, 0.15) is 24.2 Å². The lowest BCUT2D eigenvalue weighted by Gasteiger charge is -2.15. The zero-order valence-corrected chi connectivity index (χ0v) is 29.7. The third kappa shape index (κ3) is 12.7. The van der Waals surface area contributed by atoms with Crippen LogP contribution in [0.3, 0.4) is 0 Å². The number of amides is 1. The smallest absolute Gasteiger partial charge is 0.222 e. The minimum absolute atomic E-state index is 0.113. The van der Waals surface area contributed by atoms with Crippen LogP contribution < -0.4 is 15.8 Å². The summed E-state index contributed by atoms with van der Waals surface area (Å²) in [7, 11) is 0. The lowest BCUT2D eigenvalue weighted by molar-refractivity contribution is -0.121. The molecule has 0 spiro atoms. The minimum Gasteiger partial charge on any atom is -0.491 e. The average Bonchev–Trinajstić information content (AvgIpc) is 3.44. The summed E-state index contributed by atoms with van der Waals surface area (Å²) in [6.07, 6.45) is 0.133. The fourth-order valence-corrected chi connectivity index (χ4v) is 5.21. The molecule has 1 aromatic heterocycles. The van der Waals surface area contributed by atoms with Gasteiger partial charge in [0.2, 0.25) is 5.91 Å². The summed E-state index contributed by atoms with van der Waals surface area (Å²) in [5, 5.41) is 12.2. The molecule has 15 heteroatoms. The highest BCUT2D eigenvalue weighted by Crippen LogP contribution is 2.34. The van der Waals surface area contributed by atoms with Crippen molar-refractivity contribution >= 4 is 23.2 Å². The first-order chi connectivity index (χ1) is 24.5. The van der Waals surface area contributed by atoms with Gasteiger partial charge in [-0.3, -0.25) is 14.4 Å². The van der Waals surface area contributed by atoms with Crippen LogP contribution >= 0.6 is 11.6 Å². The van der Waals surface area contributed by atoms with Crippen LogP contribution in [0.15, 0.2) is 47.5 Å². The van der Waals surface area contributed by atoms with Gasteiger partial charge in [-0.1, -0.05) is 23.7 Å². The first-order valence-electron chi connectivity index (χ1n) is 17.0. The zero-order chi connectivity index (χ0) is 35.4. The number of rotatable bonds is 25. The van der Waals surface area contributed by atoms with Crippen molar-refractivity contribution < 1.29 is 38.0 Å². The van der Waals surface area contributed by atoms with Crippen molar-refractivity contribution in [1.29, 1.82) is 0 Å². The van der Waals surface area contributed by atoms with Crippen LogP contribution in [0, 0.1) is 6.92 Å². The van der Waals surface area contributed by atoms with E-state index >= 15 is 0 Å². The number of nitrogens with two attached hydrogens (primary N) is 1. The molecule has 1 aliphatic heterocycles. The Kier molecular flexibility index (Phi) is 17.6. The van der Waals surface area contributed by atoms with Crippen molar-refractivity contribution in [3.8, 4) is 11.4 Å². The molecule has 0 bridgehead atoms. The van der Waals surface area contributed by atoms with E-state index in [1.807, 2.05) is 60.9 Å². The van der Waals surface area contributed by atoms with Crippen LogP contribution in [-0.2, 0) is 33.2 Å². The summed E-state index contributed by atoms with van der Waals surface area (Å²) in [5.41, 5.74) is 8.58. The quantitative estimate of drug-likeness (QED) is 0.124. The van der Waals surface area contributed by atoms with E-state index in [9.17, 15) is 4.79 Å². The molecule has 0 saturated carbocycles. The highest BCUT2D eigenvalue weighted by Gasteiger charge is 2.30. The molecule has 1 aliphatic rings. The molecule has 14 nitrogen and oxygen atoms in total. The molecular weight excluding hydrogens is 668 g/mol. The predicted molar refractivity (Wildman–Crippen MR) is 189 cm³/mol. The molecule has 50 heavy (non-hydrogen) atoms. The van der Waals surface area contributed by atoms with Crippen molar-refractivity contribution in [1.82, 2.24) is 20.1 Å². The van der Waals surface area contributed by atoms with Gasteiger partial charge in [0.25, 0.3) is 0 Å². The number of ether oxygens (including phenoxy) is 7. The molecule has 1 atom stereocenters. The highest BCUT2D eigenvalue weighted by molar-refractivity contribution is 6.30. The van der Waals surface area contributed by atoms with E-state index in [1.54, 1.807) is 0 Å². The molecule has 0 unspecified atom stereocenters. The number of carbonyl (C=O) groups excluding carboxylic acids is 1. The molecular formula is C35H49ClN6O8. The van der Waals surface area contributed by atoms with Crippen LogP contribution in [0.5, 0.6) is 5.75 Å². The second-order valence-corrected chi connectivity index (χ2v) is 11.5. The first-order valence-corrected chi connectivity index (χ1v) is 17.4. The van der Waals surface area contributed by atoms with Crippen LogP contribution in [0.4, 0.5) is 0 Å². The summed E-state index contributed by atoms with van der Waals surface area (Å²) in [6.45, 7) is 11.0. The van der Waals surface area contributed by atoms with Crippen molar-refractivity contribution in [2.24, 2.45) is 10.7 Å². The molecule has 0 aliphatic carbocycles. The van der Waals surface area contributed by atoms with Gasteiger partial charge in [0.15, 0.2) is 5.82 Å². The summed E-state index contributed by atoms with van der Waals surface area (Å²) in [5.74, 6) is 1.83. The van der Waals surface area contributed by atoms with E-state index in [2.05, 4.69) is 15.5 Å². The Morgan fingerprint density at radius 1 is 0.800 bits per heavy atom. The number of halogens is 1. The fourth-order valence-electron chi connectivity index (χ4n) is 5.09. The van der Waals surface area contributed by atoms with E-state index in [0.29, 0.717) is 127 Å². The van der Waals surface area contributed by atoms with Gasteiger partial charge in [-0.15, -0.1) is 10.2 Å². The molecule has 0 fully saturated rings. The largest absolute Gasteiger partial charge is 0.491 e. The van der Waals surface area contributed by atoms with Gasteiger partial charge in [0, 0.05) is 29.2 Å². The van der Waals surface area contributed by atoms with Crippen molar-refractivity contribution in [2.75, 3.05) is 99.0 Å². The summed E-state index contributed by atoms with van der Waals surface area (Å²) >= 11 is 6.21. The Balaban J connectivity index is 1.20. The standard InChI is InChI=1S/C35H49ClN6O8/c1-3-38-33(43)25-31-35-41-40-26(2)42(35)32-9-8-29(24-30(32)34(39-31)27-4-6-28(36)7-5-27)50-23-22-49-21-20-48-19-18-47-17-16-46-15-14-45-13-12-44-11-10-37/h4-9,24,31H,3,10-23,25,37H2,1-2H3,(H,38,43)/t31-/m0/s1. The maximum Gasteiger partial charge on any atom is 0.222 e. The van der Waals surface area contributed by atoms with Crippen LogP contribution in [0.25, 0.3) is 5.69 Å². The monoisotopic (exact) mass is 716 g/mol. The Hall–Kier alpha value is -3.47. The number of benzene rings is 2. The van der Waals surface area contributed by atoms with Crippen LogP contribution in [-0.4, -0.2) is 125 Å².